The molecule has 1 N–H and O–H groups in total. The Kier molecular flexibility index (Phi) is 5.42. The SMILES string of the molecule is FC(F)O[C@H]1CC[C@H](Nc2ncc3c(Cl)ncc(C(F)(F)F)c3n2)CC1. The zero-order valence-corrected chi connectivity index (χ0v) is 14.0. The van der Waals surface area contributed by atoms with Crippen molar-refractivity contribution in [1.29, 1.82) is 0 Å². The molecule has 0 radical (unpaired) electrons. The minimum atomic E-state index is -4.63. The molecule has 0 unspecified atom stereocenters. The van der Waals surface area contributed by atoms with Crippen molar-refractivity contribution in [2.45, 2.75) is 50.6 Å². The Morgan fingerprint density at radius 2 is 1.81 bits per heavy atom. The van der Waals surface area contributed by atoms with Crippen LogP contribution in [0.4, 0.5) is 27.9 Å². The van der Waals surface area contributed by atoms with E-state index in [-0.39, 0.29) is 28.0 Å². The van der Waals surface area contributed by atoms with Gasteiger partial charge in [0.25, 0.3) is 0 Å². The summed E-state index contributed by atoms with van der Waals surface area (Å²) in [7, 11) is 0. The van der Waals surface area contributed by atoms with Crippen LogP contribution in [-0.2, 0) is 10.9 Å². The highest BCUT2D eigenvalue weighted by Gasteiger charge is 2.34. The maximum atomic E-state index is 13.1. The summed E-state index contributed by atoms with van der Waals surface area (Å²) in [5.41, 5.74) is -1.35. The Hall–Kier alpha value is -1.81. The largest absolute Gasteiger partial charge is 0.419 e. The van der Waals surface area contributed by atoms with Crippen molar-refractivity contribution in [2.75, 3.05) is 5.32 Å². The van der Waals surface area contributed by atoms with Crippen LogP contribution in [0.5, 0.6) is 0 Å². The zero-order chi connectivity index (χ0) is 18.9. The molecular weight excluding hydrogens is 383 g/mol. The van der Waals surface area contributed by atoms with Crippen LogP contribution in [0.1, 0.15) is 31.2 Å². The van der Waals surface area contributed by atoms with Crippen LogP contribution >= 0.6 is 11.6 Å². The number of nitrogens with zero attached hydrogens (tertiary/aromatic N) is 3. The molecule has 142 valence electrons. The second kappa shape index (κ2) is 7.43. The minimum absolute atomic E-state index is 0.00100. The van der Waals surface area contributed by atoms with E-state index in [4.69, 9.17) is 11.6 Å². The Labute approximate surface area is 149 Å². The molecule has 0 amide bonds. The number of alkyl halides is 5. The van der Waals surface area contributed by atoms with Crippen LogP contribution in [0, 0.1) is 0 Å². The van der Waals surface area contributed by atoms with Crippen molar-refractivity contribution in [3.8, 4) is 0 Å². The van der Waals surface area contributed by atoms with Crippen molar-refractivity contribution in [3.63, 3.8) is 0 Å². The van der Waals surface area contributed by atoms with Gasteiger partial charge in [-0.15, -0.1) is 0 Å². The highest BCUT2D eigenvalue weighted by molar-refractivity contribution is 6.34. The number of hydrogen-bond acceptors (Lipinski definition) is 5. The molecule has 26 heavy (non-hydrogen) atoms. The van der Waals surface area contributed by atoms with Crippen molar-refractivity contribution in [1.82, 2.24) is 15.0 Å². The first-order chi connectivity index (χ1) is 12.2. The fraction of sp³-hybridized carbons (Fsp3) is 0.533. The normalized spacial score (nSPS) is 21.3. The first-order valence-electron chi connectivity index (χ1n) is 7.82. The smallest absolute Gasteiger partial charge is 0.351 e. The summed E-state index contributed by atoms with van der Waals surface area (Å²) in [6.45, 7) is -2.81. The predicted octanol–water partition coefficient (Wildman–Crippen LogP) is 4.66. The second-order valence-corrected chi connectivity index (χ2v) is 6.29. The average molecular weight is 397 g/mol. The van der Waals surface area contributed by atoms with Gasteiger partial charge in [0.15, 0.2) is 0 Å². The number of ether oxygens (including phenoxy) is 1. The lowest BCUT2D eigenvalue weighted by atomic mass is 9.93. The lowest BCUT2D eigenvalue weighted by Crippen LogP contribution is -2.31. The van der Waals surface area contributed by atoms with Gasteiger partial charge < -0.3 is 10.1 Å². The van der Waals surface area contributed by atoms with E-state index < -0.39 is 24.5 Å². The quantitative estimate of drug-likeness (QED) is 0.601. The van der Waals surface area contributed by atoms with E-state index in [0.29, 0.717) is 31.9 Å². The number of halogens is 6. The highest BCUT2D eigenvalue weighted by Crippen LogP contribution is 2.35. The molecule has 1 aliphatic rings. The number of fused-ring (bicyclic) bond motifs is 1. The number of nitrogens with one attached hydrogen (secondary N) is 1. The van der Waals surface area contributed by atoms with Crippen molar-refractivity contribution < 1.29 is 26.7 Å². The maximum Gasteiger partial charge on any atom is 0.419 e. The number of pyridine rings is 1. The highest BCUT2D eigenvalue weighted by atomic mass is 35.5. The van der Waals surface area contributed by atoms with Crippen molar-refractivity contribution >= 4 is 28.5 Å². The summed E-state index contributed by atoms with van der Waals surface area (Å²) in [6.07, 6.45) is -1.48. The van der Waals surface area contributed by atoms with Crippen LogP contribution in [0.25, 0.3) is 10.9 Å². The van der Waals surface area contributed by atoms with Gasteiger partial charge in [0.1, 0.15) is 10.7 Å². The summed E-state index contributed by atoms with van der Waals surface area (Å²) in [5, 5.41) is 2.83. The van der Waals surface area contributed by atoms with Gasteiger partial charge in [0, 0.05) is 18.4 Å². The second-order valence-electron chi connectivity index (χ2n) is 5.93. The third-order valence-electron chi connectivity index (χ3n) is 4.18. The third kappa shape index (κ3) is 4.29. The topological polar surface area (TPSA) is 59.9 Å². The van der Waals surface area contributed by atoms with Crippen LogP contribution in [0.15, 0.2) is 12.4 Å². The monoisotopic (exact) mass is 396 g/mol. The van der Waals surface area contributed by atoms with Gasteiger partial charge in [-0.1, -0.05) is 11.6 Å². The fourth-order valence-corrected chi connectivity index (χ4v) is 3.13. The van der Waals surface area contributed by atoms with E-state index in [2.05, 4.69) is 25.0 Å². The molecule has 0 spiro atoms. The van der Waals surface area contributed by atoms with E-state index in [1.807, 2.05) is 0 Å². The van der Waals surface area contributed by atoms with Gasteiger partial charge in [-0.3, -0.25) is 0 Å². The van der Waals surface area contributed by atoms with Crippen LogP contribution < -0.4 is 5.32 Å². The molecule has 2 aromatic heterocycles. The molecule has 0 saturated heterocycles. The molecule has 1 saturated carbocycles. The number of aromatic nitrogens is 3. The molecule has 11 heteroatoms. The van der Waals surface area contributed by atoms with Gasteiger partial charge >= 0.3 is 12.8 Å². The summed E-state index contributed by atoms with van der Waals surface area (Å²) in [5.74, 6) is 0.0171. The number of anilines is 1. The maximum absolute atomic E-state index is 13.1. The molecule has 0 aromatic carbocycles. The van der Waals surface area contributed by atoms with Gasteiger partial charge in [-0.25, -0.2) is 15.0 Å². The van der Waals surface area contributed by atoms with Gasteiger partial charge in [-0.05, 0) is 25.7 Å². The van der Waals surface area contributed by atoms with Crippen LogP contribution in [0.3, 0.4) is 0 Å². The fourth-order valence-electron chi connectivity index (χ4n) is 2.94. The predicted molar refractivity (Wildman–Crippen MR) is 84.1 cm³/mol. The zero-order valence-electron chi connectivity index (χ0n) is 13.2. The molecule has 0 bridgehead atoms. The summed E-state index contributed by atoms with van der Waals surface area (Å²) in [4.78, 5) is 11.5. The molecule has 1 fully saturated rings. The van der Waals surface area contributed by atoms with Crippen LogP contribution in [0.2, 0.25) is 5.15 Å². The van der Waals surface area contributed by atoms with Crippen LogP contribution in [-0.4, -0.2) is 33.7 Å². The van der Waals surface area contributed by atoms with E-state index >= 15 is 0 Å². The summed E-state index contributed by atoms with van der Waals surface area (Å²) in [6, 6.07) is -0.142. The lowest BCUT2D eigenvalue weighted by molar-refractivity contribution is -0.169. The third-order valence-corrected chi connectivity index (χ3v) is 4.48. The molecule has 1 aliphatic carbocycles. The summed E-state index contributed by atoms with van der Waals surface area (Å²) < 4.78 is 68.3. The first kappa shape index (κ1) is 19.0. The molecule has 0 aliphatic heterocycles. The molecule has 2 aromatic rings. The van der Waals surface area contributed by atoms with Crippen molar-refractivity contribution in [2.24, 2.45) is 0 Å². The standard InChI is InChI=1S/C15H14ClF5N4O/c16-12-9-5-23-14(25-11(9)10(6-22-12)15(19,20)21)24-7-1-3-8(4-2-7)26-13(17)18/h5-8,13H,1-4H2,(H,23,24,25)/t7-,8-. The molecule has 3 rings (SSSR count). The van der Waals surface area contributed by atoms with E-state index in [9.17, 15) is 22.0 Å². The van der Waals surface area contributed by atoms with E-state index in [1.54, 1.807) is 0 Å². The average Bonchev–Trinajstić information content (AvgIpc) is 2.55. The molecule has 2 heterocycles. The van der Waals surface area contributed by atoms with E-state index in [1.165, 1.54) is 6.20 Å². The Morgan fingerprint density at radius 1 is 1.12 bits per heavy atom. The van der Waals surface area contributed by atoms with Gasteiger partial charge in [0.05, 0.1) is 17.0 Å². The molecular formula is C15H14ClF5N4O. The Morgan fingerprint density at radius 3 is 2.42 bits per heavy atom. The van der Waals surface area contributed by atoms with Crippen molar-refractivity contribution in [3.05, 3.63) is 23.1 Å². The summed E-state index contributed by atoms with van der Waals surface area (Å²) >= 11 is 5.83. The van der Waals surface area contributed by atoms with Gasteiger partial charge in [-0.2, -0.15) is 22.0 Å². The lowest BCUT2D eigenvalue weighted by Gasteiger charge is -2.28. The first-order valence-corrected chi connectivity index (χ1v) is 8.20. The number of hydrogen-bond donors (Lipinski definition) is 1. The van der Waals surface area contributed by atoms with Gasteiger partial charge in [0.2, 0.25) is 5.95 Å². The molecule has 5 nitrogen and oxygen atoms in total. The Balaban J connectivity index is 1.77. The Bertz CT molecular complexity index is 780. The number of rotatable bonds is 4. The minimum Gasteiger partial charge on any atom is -0.351 e. The molecule has 0 atom stereocenters. The van der Waals surface area contributed by atoms with E-state index in [0.717, 1.165) is 0 Å².